The van der Waals surface area contributed by atoms with Gasteiger partial charge in [-0.3, -0.25) is 4.79 Å². The molecule has 0 atom stereocenters. The molecule has 0 aliphatic carbocycles. The van der Waals surface area contributed by atoms with Crippen molar-refractivity contribution in [2.24, 2.45) is 0 Å². The molecular formula is C17H16ClFN2O3S. The Balaban J connectivity index is 1.75. The maximum absolute atomic E-state index is 13.0. The fourth-order valence-electron chi connectivity index (χ4n) is 2.66. The van der Waals surface area contributed by atoms with Crippen LogP contribution in [0, 0.1) is 5.82 Å². The first-order valence-electron chi connectivity index (χ1n) is 7.74. The smallest absolute Gasteiger partial charge is 0.257 e. The van der Waals surface area contributed by atoms with Gasteiger partial charge in [-0.25, -0.2) is 12.8 Å². The van der Waals surface area contributed by atoms with Gasteiger partial charge in [0.2, 0.25) is 10.0 Å². The summed E-state index contributed by atoms with van der Waals surface area (Å²) in [6, 6.07) is 9.43. The van der Waals surface area contributed by atoms with Crippen LogP contribution in [0.5, 0.6) is 0 Å². The average molecular weight is 383 g/mol. The number of hydrogen-bond donors (Lipinski definition) is 1. The lowest BCUT2D eigenvalue weighted by atomic mass is 10.2. The molecule has 1 aliphatic rings. The van der Waals surface area contributed by atoms with Crippen molar-refractivity contribution in [1.82, 2.24) is 4.31 Å². The number of amides is 1. The number of nitrogens with zero attached hydrogens (tertiary/aromatic N) is 1. The van der Waals surface area contributed by atoms with Gasteiger partial charge in [-0.1, -0.05) is 11.6 Å². The third-order valence-corrected chi connectivity index (χ3v) is 6.22. The van der Waals surface area contributed by atoms with Crippen LogP contribution in [-0.2, 0) is 10.0 Å². The Labute approximate surface area is 150 Å². The Kier molecular flexibility index (Phi) is 5.08. The zero-order valence-electron chi connectivity index (χ0n) is 13.2. The van der Waals surface area contributed by atoms with Crippen molar-refractivity contribution < 1.29 is 17.6 Å². The molecule has 0 spiro atoms. The number of sulfonamides is 1. The van der Waals surface area contributed by atoms with E-state index in [1.165, 1.54) is 34.6 Å². The molecule has 0 bridgehead atoms. The summed E-state index contributed by atoms with van der Waals surface area (Å²) >= 11 is 5.86. The standard InChI is InChI=1S/C17H16ClFN2O3S/c18-16-11-12(19)3-8-15(16)17(22)20-13-4-6-14(7-5-13)25(23,24)21-9-1-2-10-21/h3-8,11H,1-2,9-10H2,(H,20,22). The van der Waals surface area contributed by atoms with Gasteiger partial charge in [0, 0.05) is 18.8 Å². The molecule has 0 aromatic heterocycles. The summed E-state index contributed by atoms with van der Waals surface area (Å²) in [5.74, 6) is -1.03. The second-order valence-electron chi connectivity index (χ2n) is 5.71. The van der Waals surface area contributed by atoms with Gasteiger partial charge in [-0.05, 0) is 55.3 Å². The number of rotatable bonds is 4. The van der Waals surface area contributed by atoms with E-state index in [0.29, 0.717) is 18.8 Å². The van der Waals surface area contributed by atoms with Crippen LogP contribution in [0.2, 0.25) is 5.02 Å². The predicted molar refractivity (Wildman–Crippen MR) is 93.8 cm³/mol. The molecule has 25 heavy (non-hydrogen) atoms. The molecule has 1 fully saturated rings. The zero-order valence-corrected chi connectivity index (χ0v) is 14.8. The Morgan fingerprint density at radius 2 is 1.72 bits per heavy atom. The molecule has 1 heterocycles. The van der Waals surface area contributed by atoms with Gasteiger partial charge in [0.25, 0.3) is 5.91 Å². The van der Waals surface area contributed by atoms with Crippen molar-refractivity contribution in [2.45, 2.75) is 17.7 Å². The minimum atomic E-state index is -3.49. The fourth-order valence-corrected chi connectivity index (χ4v) is 4.43. The molecule has 1 N–H and O–H groups in total. The fraction of sp³-hybridized carbons (Fsp3) is 0.235. The van der Waals surface area contributed by atoms with E-state index < -0.39 is 21.7 Å². The molecule has 2 aromatic carbocycles. The molecule has 0 radical (unpaired) electrons. The molecule has 3 rings (SSSR count). The Hall–Kier alpha value is -1.96. The summed E-state index contributed by atoms with van der Waals surface area (Å²) in [4.78, 5) is 12.4. The van der Waals surface area contributed by atoms with Crippen molar-refractivity contribution >= 4 is 33.2 Å². The van der Waals surface area contributed by atoms with Crippen LogP contribution in [0.3, 0.4) is 0 Å². The van der Waals surface area contributed by atoms with E-state index >= 15 is 0 Å². The first-order valence-corrected chi connectivity index (χ1v) is 9.56. The molecule has 1 aliphatic heterocycles. The highest BCUT2D eigenvalue weighted by Gasteiger charge is 2.26. The third kappa shape index (κ3) is 3.84. The van der Waals surface area contributed by atoms with Crippen LogP contribution in [-0.4, -0.2) is 31.7 Å². The Morgan fingerprint density at radius 1 is 1.08 bits per heavy atom. The molecule has 0 unspecified atom stereocenters. The van der Waals surface area contributed by atoms with E-state index in [2.05, 4.69) is 5.32 Å². The molecule has 2 aromatic rings. The highest BCUT2D eigenvalue weighted by Crippen LogP contribution is 2.23. The number of benzene rings is 2. The highest BCUT2D eigenvalue weighted by atomic mass is 35.5. The van der Waals surface area contributed by atoms with E-state index in [-0.39, 0.29) is 15.5 Å². The second-order valence-corrected chi connectivity index (χ2v) is 8.06. The van der Waals surface area contributed by atoms with Gasteiger partial charge in [-0.15, -0.1) is 0 Å². The minimum absolute atomic E-state index is 0.00531. The summed E-state index contributed by atoms with van der Waals surface area (Å²) in [5, 5.41) is 2.62. The van der Waals surface area contributed by atoms with Gasteiger partial charge < -0.3 is 5.32 Å². The number of carbonyl (C=O) groups is 1. The maximum Gasteiger partial charge on any atom is 0.257 e. The number of anilines is 1. The van der Waals surface area contributed by atoms with E-state index in [9.17, 15) is 17.6 Å². The van der Waals surface area contributed by atoms with Crippen LogP contribution in [0.1, 0.15) is 23.2 Å². The van der Waals surface area contributed by atoms with Crippen molar-refractivity contribution in [1.29, 1.82) is 0 Å². The van der Waals surface area contributed by atoms with Crippen LogP contribution in [0.25, 0.3) is 0 Å². The maximum atomic E-state index is 13.0. The summed E-state index contributed by atoms with van der Waals surface area (Å²) in [7, 11) is -3.49. The molecule has 8 heteroatoms. The Morgan fingerprint density at radius 3 is 2.32 bits per heavy atom. The number of carbonyl (C=O) groups excluding carboxylic acids is 1. The summed E-state index contributed by atoms with van der Waals surface area (Å²) in [6.07, 6.45) is 1.73. The van der Waals surface area contributed by atoms with E-state index in [0.717, 1.165) is 25.0 Å². The van der Waals surface area contributed by atoms with Crippen LogP contribution in [0.4, 0.5) is 10.1 Å². The van der Waals surface area contributed by atoms with Crippen LogP contribution < -0.4 is 5.32 Å². The van der Waals surface area contributed by atoms with Gasteiger partial charge in [0.05, 0.1) is 15.5 Å². The molecule has 132 valence electrons. The molecule has 1 saturated heterocycles. The highest BCUT2D eigenvalue weighted by molar-refractivity contribution is 7.89. The number of halogens is 2. The van der Waals surface area contributed by atoms with Gasteiger partial charge in [0.15, 0.2) is 0 Å². The molecule has 0 saturated carbocycles. The third-order valence-electron chi connectivity index (χ3n) is 3.99. The summed E-state index contributed by atoms with van der Waals surface area (Å²) in [6.45, 7) is 1.06. The second kappa shape index (κ2) is 7.11. The normalized spacial score (nSPS) is 15.3. The van der Waals surface area contributed by atoms with Crippen molar-refractivity contribution in [3.05, 3.63) is 58.9 Å². The topological polar surface area (TPSA) is 66.5 Å². The largest absolute Gasteiger partial charge is 0.322 e. The zero-order chi connectivity index (χ0) is 18.0. The van der Waals surface area contributed by atoms with E-state index in [1.807, 2.05) is 0 Å². The molecule has 1 amide bonds. The van der Waals surface area contributed by atoms with E-state index in [4.69, 9.17) is 11.6 Å². The quantitative estimate of drug-likeness (QED) is 0.879. The molecular weight excluding hydrogens is 367 g/mol. The van der Waals surface area contributed by atoms with Gasteiger partial charge in [0.1, 0.15) is 5.82 Å². The molecule has 5 nitrogen and oxygen atoms in total. The minimum Gasteiger partial charge on any atom is -0.322 e. The average Bonchev–Trinajstić information content (AvgIpc) is 3.10. The van der Waals surface area contributed by atoms with Gasteiger partial charge >= 0.3 is 0 Å². The van der Waals surface area contributed by atoms with Gasteiger partial charge in [-0.2, -0.15) is 4.31 Å². The predicted octanol–water partition coefficient (Wildman–Crippen LogP) is 3.52. The monoisotopic (exact) mass is 382 g/mol. The van der Waals surface area contributed by atoms with Crippen molar-refractivity contribution in [3.8, 4) is 0 Å². The lowest BCUT2D eigenvalue weighted by molar-refractivity contribution is 0.102. The summed E-state index contributed by atoms with van der Waals surface area (Å²) < 4.78 is 39.4. The number of hydrogen-bond acceptors (Lipinski definition) is 3. The SMILES string of the molecule is O=C(Nc1ccc(S(=O)(=O)N2CCCC2)cc1)c1ccc(F)cc1Cl. The first-order chi connectivity index (χ1) is 11.9. The van der Waals surface area contributed by atoms with Crippen molar-refractivity contribution in [3.63, 3.8) is 0 Å². The van der Waals surface area contributed by atoms with E-state index in [1.54, 1.807) is 0 Å². The van der Waals surface area contributed by atoms with Crippen LogP contribution in [0.15, 0.2) is 47.4 Å². The summed E-state index contributed by atoms with van der Waals surface area (Å²) in [5.41, 5.74) is 0.558. The lowest BCUT2D eigenvalue weighted by Gasteiger charge is -2.15. The first kappa shape index (κ1) is 17.8. The number of nitrogens with one attached hydrogen (secondary N) is 1. The lowest BCUT2D eigenvalue weighted by Crippen LogP contribution is -2.27. The Bertz CT molecular complexity index is 895. The van der Waals surface area contributed by atoms with Crippen molar-refractivity contribution in [2.75, 3.05) is 18.4 Å². The van der Waals surface area contributed by atoms with Crippen LogP contribution >= 0.6 is 11.6 Å².